The maximum atomic E-state index is 12.5. The van der Waals surface area contributed by atoms with Crippen molar-refractivity contribution in [3.05, 3.63) is 47.6 Å². The lowest BCUT2D eigenvalue weighted by atomic mass is 9.73. The summed E-state index contributed by atoms with van der Waals surface area (Å²) in [6.07, 6.45) is 5.54. The molecular formula is C20H26N4O2. The lowest BCUT2D eigenvalue weighted by Crippen LogP contribution is -2.49. The molecule has 0 bridgehead atoms. The van der Waals surface area contributed by atoms with Crippen LogP contribution in [0.15, 0.2) is 34.9 Å². The highest BCUT2D eigenvalue weighted by Gasteiger charge is 2.44. The number of nitrogens with zero attached hydrogens (tertiary/aromatic N) is 3. The molecule has 26 heavy (non-hydrogen) atoms. The predicted molar refractivity (Wildman–Crippen MR) is 97.5 cm³/mol. The molecule has 1 saturated carbocycles. The van der Waals surface area contributed by atoms with Gasteiger partial charge in [0.25, 0.3) is 0 Å². The number of aryl methyl sites for hydroxylation is 1. The van der Waals surface area contributed by atoms with Crippen molar-refractivity contribution >= 4 is 6.03 Å². The zero-order valence-corrected chi connectivity index (χ0v) is 15.3. The molecule has 1 aliphatic heterocycles. The highest BCUT2D eigenvalue weighted by Crippen LogP contribution is 2.46. The maximum Gasteiger partial charge on any atom is 0.317 e. The topological polar surface area (TPSA) is 71.3 Å². The van der Waals surface area contributed by atoms with E-state index in [1.54, 1.807) is 0 Å². The summed E-state index contributed by atoms with van der Waals surface area (Å²) in [7, 11) is 0. The van der Waals surface area contributed by atoms with Crippen LogP contribution in [0.25, 0.3) is 0 Å². The smallest absolute Gasteiger partial charge is 0.317 e. The molecule has 1 aliphatic carbocycles. The number of aromatic nitrogens is 2. The molecule has 2 aromatic rings. The van der Waals surface area contributed by atoms with Crippen LogP contribution >= 0.6 is 0 Å². The zero-order valence-electron chi connectivity index (χ0n) is 15.3. The quantitative estimate of drug-likeness (QED) is 0.893. The molecule has 0 spiro atoms. The van der Waals surface area contributed by atoms with Crippen LogP contribution in [0, 0.1) is 12.8 Å². The fourth-order valence-electron chi connectivity index (χ4n) is 3.93. The molecule has 4 rings (SSSR count). The van der Waals surface area contributed by atoms with Crippen molar-refractivity contribution in [3.8, 4) is 0 Å². The van der Waals surface area contributed by atoms with Gasteiger partial charge in [0.1, 0.15) is 0 Å². The molecule has 0 atom stereocenters. The molecule has 2 amide bonds. The second-order valence-corrected chi connectivity index (χ2v) is 7.70. The lowest BCUT2D eigenvalue weighted by Gasteiger charge is -2.40. The lowest BCUT2D eigenvalue weighted by molar-refractivity contribution is 0.144. The molecule has 1 aromatic heterocycles. The largest absolute Gasteiger partial charge is 0.340 e. The van der Waals surface area contributed by atoms with Gasteiger partial charge in [-0.25, -0.2) is 4.79 Å². The number of nitrogens with one attached hydrogen (secondary N) is 1. The number of carbonyl (C=O) groups excluding carboxylic acids is 1. The van der Waals surface area contributed by atoms with Crippen molar-refractivity contribution in [2.45, 2.75) is 51.0 Å². The summed E-state index contributed by atoms with van der Waals surface area (Å²) in [5.74, 6) is 2.25. The summed E-state index contributed by atoms with van der Waals surface area (Å²) in [5, 5.41) is 7.26. The monoisotopic (exact) mass is 354 g/mol. The van der Waals surface area contributed by atoms with Crippen molar-refractivity contribution in [1.82, 2.24) is 20.4 Å². The molecule has 0 radical (unpaired) electrons. The Bertz CT molecular complexity index is 746. The second-order valence-electron chi connectivity index (χ2n) is 7.70. The molecule has 1 saturated heterocycles. The van der Waals surface area contributed by atoms with Gasteiger partial charge in [0.2, 0.25) is 5.89 Å². The number of hydrogen-bond acceptors (Lipinski definition) is 4. The van der Waals surface area contributed by atoms with E-state index in [0.717, 1.165) is 49.7 Å². The van der Waals surface area contributed by atoms with Crippen LogP contribution in [0.2, 0.25) is 0 Å². The molecular weight excluding hydrogens is 328 g/mol. The number of benzene rings is 1. The summed E-state index contributed by atoms with van der Waals surface area (Å²) >= 11 is 0. The van der Waals surface area contributed by atoms with Gasteiger partial charge in [0.05, 0.1) is 0 Å². The summed E-state index contributed by atoms with van der Waals surface area (Å²) in [5.41, 5.74) is 1.08. The van der Waals surface area contributed by atoms with E-state index >= 15 is 0 Å². The second kappa shape index (κ2) is 7.09. The zero-order chi connectivity index (χ0) is 18.0. The van der Waals surface area contributed by atoms with Gasteiger partial charge in [0, 0.05) is 32.0 Å². The standard InChI is InChI=1S/C20H26N4O2/c1-15-22-18(23-26-15)20(13-16-7-8-16)9-11-24(12-10-20)19(25)21-14-17-5-3-2-4-6-17/h2-6,16H,7-14H2,1H3,(H,21,25). The van der Waals surface area contributed by atoms with Crippen LogP contribution < -0.4 is 5.32 Å². The van der Waals surface area contributed by atoms with Gasteiger partial charge in [-0.1, -0.05) is 48.3 Å². The minimum Gasteiger partial charge on any atom is -0.340 e. The molecule has 0 unspecified atom stereocenters. The Morgan fingerprint density at radius 2 is 2.00 bits per heavy atom. The molecule has 1 aromatic carbocycles. The molecule has 1 N–H and O–H groups in total. The van der Waals surface area contributed by atoms with Crippen molar-refractivity contribution in [3.63, 3.8) is 0 Å². The van der Waals surface area contributed by atoms with Crippen LogP contribution in [-0.4, -0.2) is 34.2 Å². The minimum atomic E-state index is -0.0326. The van der Waals surface area contributed by atoms with Gasteiger partial charge < -0.3 is 14.7 Å². The fraction of sp³-hybridized carbons (Fsp3) is 0.550. The third-order valence-electron chi connectivity index (χ3n) is 5.67. The first-order valence-corrected chi connectivity index (χ1v) is 9.52. The van der Waals surface area contributed by atoms with E-state index < -0.39 is 0 Å². The fourth-order valence-corrected chi connectivity index (χ4v) is 3.93. The van der Waals surface area contributed by atoms with Gasteiger partial charge in [-0.05, 0) is 30.7 Å². The normalized spacial score (nSPS) is 19.3. The number of likely N-dealkylation sites (tertiary alicyclic amines) is 1. The average Bonchev–Trinajstić information content (AvgIpc) is 3.37. The van der Waals surface area contributed by atoms with Crippen LogP contribution in [0.4, 0.5) is 4.79 Å². The summed E-state index contributed by atoms with van der Waals surface area (Å²) in [6, 6.07) is 10.0. The Labute approximate surface area is 154 Å². The Hall–Kier alpha value is -2.37. The van der Waals surface area contributed by atoms with Gasteiger partial charge in [-0.3, -0.25) is 0 Å². The number of amides is 2. The van der Waals surface area contributed by atoms with Crippen molar-refractivity contribution < 1.29 is 9.32 Å². The third-order valence-corrected chi connectivity index (χ3v) is 5.67. The summed E-state index contributed by atoms with van der Waals surface area (Å²) in [6.45, 7) is 3.88. The van der Waals surface area contributed by atoms with E-state index in [9.17, 15) is 4.79 Å². The molecule has 2 aliphatic rings. The molecule has 2 fully saturated rings. The summed E-state index contributed by atoms with van der Waals surface area (Å²) in [4.78, 5) is 19.0. The Kier molecular flexibility index (Phi) is 4.66. The third kappa shape index (κ3) is 3.74. The van der Waals surface area contributed by atoms with Crippen molar-refractivity contribution in [2.24, 2.45) is 5.92 Å². The molecule has 138 valence electrons. The number of urea groups is 1. The van der Waals surface area contributed by atoms with E-state index in [1.807, 2.05) is 42.2 Å². The van der Waals surface area contributed by atoms with Gasteiger partial charge in [0.15, 0.2) is 5.82 Å². The van der Waals surface area contributed by atoms with Gasteiger partial charge in [-0.2, -0.15) is 4.98 Å². The van der Waals surface area contributed by atoms with E-state index in [4.69, 9.17) is 4.52 Å². The maximum absolute atomic E-state index is 12.5. The number of piperidine rings is 1. The van der Waals surface area contributed by atoms with Crippen LogP contribution in [0.3, 0.4) is 0 Å². The number of carbonyl (C=O) groups is 1. The van der Waals surface area contributed by atoms with Gasteiger partial charge in [-0.15, -0.1) is 0 Å². The highest BCUT2D eigenvalue weighted by molar-refractivity contribution is 5.74. The first kappa shape index (κ1) is 17.1. The average molecular weight is 354 g/mol. The van der Waals surface area contributed by atoms with E-state index in [-0.39, 0.29) is 11.4 Å². The van der Waals surface area contributed by atoms with Crippen LogP contribution in [0.5, 0.6) is 0 Å². The van der Waals surface area contributed by atoms with Crippen LogP contribution in [-0.2, 0) is 12.0 Å². The number of hydrogen-bond donors (Lipinski definition) is 1. The van der Waals surface area contributed by atoms with Crippen LogP contribution in [0.1, 0.15) is 49.4 Å². The first-order chi connectivity index (χ1) is 12.6. The van der Waals surface area contributed by atoms with E-state index in [1.165, 1.54) is 12.8 Å². The minimum absolute atomic E-state index is 0.0122. The van der Waals surface area contributed by atoms with Crippen molar-refractivity contribution in [1.29, 1.82) is 0 Å². The predicted octanol–water partition coefficient (Wildman–Crippen LogP) is 3.42. The number of rotatable bonds is 5. The van der Waals surface area contributed by atoms with Gasteiger partial charge >= 0.3 is 6.03 Å². The van der Waals surface area contributed by atoms with E-state index in [0.29, 0.717) is 12.4 Å². The summed E-state index contributed by atoms with van der Waals surface area (Å²) < 4.78 is 5.25. The van der Waals surface area contributed by atoms with Crippen molar-refractivity contribution in [2.75, 3.05) is 13.1 Å². The molecule has 2 heterocycles. The Balaban J connectivity index is 1.37. The SMILES string of the molecule is Cc1nc(C2(CC3CC3)CCN(C(=O)NCc3ccccc3)CC2)no1. The molecule has 6 heteroatoms. The first-order valence-electron chi connectivity index (χ1n) is 9.52. The highest BCUT2D eigenvalue weighted by atomic mass is 16.5. The van der Waals surface area contributed by atoms with E-state index in [2.05, 4.69) is 15.5 Å². The Morgan fingerprint density at radius 1 is 1.27 bits per heavy atom. The molecule has 6 nitrogen and oxygen atoms in total. The Morgan fingerprint density at radius 3 is 2.62 bits per heavy atom.